The molecule has 1 aromatic rings. The normalized spacial score (nSPS) is 24.6. The molecule has 1 fully saturated rings. The first-order chi connectivity index (χ1) is 9.34. The average molecular weight is 299 g/mol. The van der Waals surface area contributed by atoms with E-state index in [1.807, 2.05) is 13.8 Å². The fourth-order valence-electron chi connectivity index (χ4n) is 2.50. The Kier molecular flexibility index (Phi) is 4.36. The predicted molar refractivity (Wildman–Crippen MR) is 76.5 cm³/mol. The largest absolute Gasteiger partial charge is 0.497 e. The molecular formula is C14H21NO4S. The summed E-state index contributed by atoms with van der Waals surface area (Å²) >= 11 is 0. The Labute approximate surface area is 120 Å². The minimum absolute atomic E-state index is 0.0907. The number of hydrogen-bond donors (Lipinski definition) is 0. The van der Waals surface area contributed by atoms with Crippen molar-refractivity contribution in [3.8, 4) is 5.75 Å². The van der Waals surface area contributed by atoms with Gasteiger partial charge in [0, 0.05) is 13.1 Å². The quantitative estimate of drug-likeness (QED) is 0.854. The van der Waals surface area contributed by atoms with Crippen LogP contribution in [0, 0.1) is 6.92 Å². The summed E-state index contributed by atoms with van der Waals surface area (Å²) < 4.78 is 37.7. The second-order valence-corrected chi connectivity index (χ2v) is 7.12. The first-order valence-electron chi connectivity index (χ1n) is 6.65. The Bertz CT molecular complexity index is 575. The van der Waals surface area contributed by atoms with E-state index < -0.39 is 10.0 Å². The van der Waals surface area contributed by atoms with Crippen LogP contribution in [0.1, 0.15) is 19.4 Å². The van der Waals surface area contributed by atoms with Gasteiger partial charge < -0.3 is 9.47 Å². The third-order valence-electron chi connectivity index (χ3n) is 3.39. The number of morpholine rings is 1. The van der Waals surface area contributed by atoms with E-state index in [2.05, 4.69) is 0 Å². The molecule has 0 aliphatic carbocycles. The Morgan fingerprint density at radius 1 is 1.25 bits per heavy atom. The summed E-state index contributed by atoms with van der Waals surface area (Å²) in [6.07, 6.45) is -0.181. The Hall–Kier alpha value is -1.11. The van der Waals surface area contributed by atoms with Gasteiger partial charge in [-0.05, 0) is 44.5 Å². The smallest absolute Gasteiger partial charge is 0.243 e. The van der Waals surface area contributed by atoms with Gasteiger partial charge in [0.1, 0.15) is 5.75 Å². The van der Waals surface area contributed by atoms with E-state index in [4.69, 9.17) is 9.47 Å². The van der Waals surface area contributed by atoms with Crippen LogP contribution in [0.2, 0.25) is 0 Å². The first kappa shape index (κ1) is 15.3. The second-order valence-electron chi connectivity index (χ2n) is 5.21. The maximum absolute atomic E-state index is 12.7. The van der Waals surface area contributed by atoms with Crippen LogP contribution in [0.15, 0.2) is 23.1 Å². The van der Waals surface area contributed by atoms with Crippen LogP contribution in [0.3, 0.4) is 0 Å². The van der Waals surface area contributed by atoms with Crippen LogP contribution in [0.25, 0.3) is 0 Å². The van der Waals surface area contributed by atoms with Crippen molar-refractivity contribution in [2.75, 3.05) is 20.2 Å². The van der Waals surface area contributed by atoms with Gasteiger partial charge in [-0.25, -0.2) is 8.42 Å². The van der Waals surface area contributed by atoms with E-state index in [0.29, 0.717) is 29.3 Å². The summed E-state index contributed by atoms with van der Waals surface area (Å²) in [6, 6.07) is 5.02. The predicted octanol–water partition coefficient (Wildman–Crippen LogP) is 1.80. The fraction of sp³-hybridized carbons (Fsp3) is 0.571. The van der Waals surface area contributed by atoms with Crippen molar-refractivity contribution >= 4 is 10.0 Å². The molecule has 0 saturated carbocycles. The van der Waals surface area contributed by atoms with E-state index in [1.54, 1.807) is 32.2 Å². The highest BCUT2D eigenvalue weighted by Gasteiger charge is 2.32. The zero-order valence-electron chi connectivity index (χ0n) is 12.3. The van der Waals surface area contributed by atoms with E-state index in [-0.39, 0.29) is 12.2 Å². The van der Waals surface area contributed by atoms with Gasteiger partial charge in [0.25, 0.3) is 0 Å². The SMILES string of the molecule is COc1ccc(S(=O)(=O)N2CC(C)OC(C)C2)c(C)c1. The summed E-state index contributed by atoms with van der Waals surface area (Å²) in [5.74, 6) is 0.658. The average Bonchev–Trinajstić information content (AvgIpc) is 2.37. The lowest BCUT2D eigenvalue weighted by Crippen LogP contribution is -2.48. The van der Waals surface area contributed by atoms with Crippen LogP contribution in [-0.4, -0.2) is 45.1 Å². The van der Waals surface area contributed by atoms with Gasteiger partial charge in [-0.3, -0.25) is 0 Å². The van der Waals surface area contributed by atoms with Crippen molar-refractivity contribution in [2.24, 2.45) is 0 Å². The summed E-state index contributed by atoms with van der Waals surface area (Å²) in [4.78, 5) is 0.333. The van der Waals surface area contributed by atoms with E-state index >= 15 is 0 Å². The number of hydrogen-bond acceptors (Lipinski definition) is 4. The molecule has 0 bridgehead atoms. The Morgan fingerprint density at radius 2 is 1.85 bits per heavy atom. The highest BCUT2D eigenvalue weighted by Crippen LogP contribution is 2.26. The van der Waals surface area contributed by atoms with Gasteiger partial charge in [-0.2, -0.15) is 4.31 Å². The lowest BCUT2D eigenvalue weighted by atomic mass is 10.2. The van der Waals surface area contributed by atoms with Crippen molar-refractivity contribution in [1.29, 1.82) is 0 Å². The summed E-state index contributed by atoms with van der Waals surface area (Å²) in [5.41, 5.74) is 0.691. The standard InChI is InChI=1S/C14H21NO4S/c1-10-7-13(18-4)5-6-14(10)20(16,17)15-8-11(2)19-12(3)9-15/h5-7,11-12H,8-9H2,1-4H3. The zero-order chi connectivity index (χ0) is 14.9. The molecule has 6 heteroatoms. The van der Waals surface area contributed by atoms with Crippen molar-refractivity contribution in [1.82, 2.24) is 4.31 Å². The highest BCUT2D eigenvalue weighted by molar-refractivity contribution is 7.89. The molecule has 112 valence electrons. The molecule has 2 rings (SSSR count). The van der Waals surface area contributed by atoms with Crippen molar-refractivity contribution in [2.45, 2.75) is 37.9 Å². The molecule has 0 radical (unpaired) electrons. The van der Waals surface area contributed by atoms with Crippen molar-refractivity contribution in [3.05, 3.63) is 23.8 Å². The molecule has 0 spiro atoms. The molecule has 2 atom stereocenters. The molecule has 1 heterocycles. The van der Waals surface area contributed by atoms with Crippen molar-refractivity contribution in [3.63, 3.8) is 0 Å². The number of ether oxygens (including phenoxy) is 2. The number of benzene rings is 1. The summed E-state index contributed by atoms with van der Waals surface area (Å²) in [5, 5.41) is 0. The lowest BCUT2D eigenvalue weighted by Gasteiger charge is -2.34. The third-order valence-corrected chi connectivity index (χ3v) is 5.38. The maximum atomic E-state index is 12.7. The van der Waals surface area contributed by atoms with Gasteiger partial charge in [0.15, 0.2) is 0 Å². The third kappa shape index (κ3) is 2.97. The number of sulfonamides is 1. The Balaban J connectivity index is 2.35. The minimum atomic E-state index is -3.49. The summed E-state index contributed by atoms with van der Waals surface area (Å²) in [7, 11) is -1.92. The molecule has 1 aliphatic rings. The highest BCUT2D eigenvalue weighted by atomic mass is 32.2. The van der Waals surface area contributed by atoms with E-state index in [1.165, 1.54) is 4.31 Å². The molecule has 20 heavy (non-hydrogen) atoms. The first-order valence-corrected chi connectivity index (χ1v) is 8.09. The molecule has 5 nitrogen and oxygen atoms in total. The molecule has 1 saturated heterocycles. The molecule has 0 N–H and O–H groups in total. The summed E-state index contributed by atoms with van der Waals surface area (Å²) in [6.45, 7) is 6.33. The molecule has 0 amide bonds. The number of rotatable bonds is 3. The Morgan fingerprint density at radius 3 is 2.35 bits per heavy atom. The van der Waals surface area contributed by atoms with Gasteiger partial charge in [-0.15, -0.1) is 0 Å². The fourth-order valence-corrected chi connectivity index (χ4v) is 4.30. The number of nitrogens with zero attached hydrogens (tertiary/aromatic N) is 1. The van der Waals surface area contributed by atoms with Gasteiger partial charge in [0.2, 0.25) is 10.0 Å². The van der Waals surface area contributed by atoms with Crippen LogP contribution in [-0.2, 0) is 14.8 Å². The molecule has 1 aliphatic heterocycles. The van der Waals surface area contributed by atoms with E-state index in [9.17, 15) is 8.42 Å². The minimum Gasteiger partial charge on any atom is -0.497 e. The van der Waals surface area contributed by atoms with E-state index in [0.717, 1.165) is 0 Å². The topological polar surface area (TPSA) is 55.8 Å². The van der Waals surface area contributed by atoms with Gasteiger partial charge in [-0.1, -0.05) is 0 Å². The van der Waals surface area contributed by atoms with Gasteiger partial charge >= 0.3 is 0 Å². The molecule has 2 unspecified atom stereocenters. The van der Waals surface area contributed by atoms with Gasteiger partial charge in [0.05, 0.1) is 24.2 Å². The maximum Gasteiger partial charge on any atom is 0.243 e. The van der Waals surface area contributed by atoms with Crippen LogP contribution >= 0.6 is 0 Å². The van der Waals surface area contributed by atoms with Crippen LogP contribution < -0.4 is 4.74 Å². The van der Waals surface area contributed by atoms with Crippen LogP contribution in [0.4, 0.5) is 0 Å². The monoisotopic (exact) mass is 299 g/mol. The second kappa shape index (κ2) is 5.71. The number of aryl methyl sites for hydroxylation is 1. The van der Waals surface area contributed by atoms with Crippen LogP contribution in [0.5, 0.6) is 5.75 Å². The molecule has 1 aromatic carbocycles. The zero-order valence-corrected chi connectivity index (χ0v) is 13.1. The lowest BCUT2D eigenvalue weighted by molar-refractivity contribution is -0.0440. The number of methoxy groups -OCH3 is 1. The molecule has 0 aromatic heterocycles. The van der Waals surface area contributed by atoms with Crippen molar-refractivity contribution < 1.29 is 17.9 Å². The molecular weight excluding hydrogens is 278 g/mol.